The highest BCUT2D eigenvalue weighted by atomic mass is 19.1. The van der Waals surface area contributed by atoms with Gasteiger partial charge in [-0.05, 0) is 24.3 Å². The molecule has 0 N–H and O–H groups in total. The second-order valence-corrected chi connectivity index (χ2v) is 3.32. The Morgan fingerprint density at radius 1 is 0.938 bits per heavy atom. The predicted octanol–water partition coefficient (Wildman–Crippen LogP) is 3.64. The highest BCUT2D eigenvalue weighted by molar-refractivity contribution is 5.70. The Morgan fingerprint density at radius 3 is 2.38 bits per heavy atom. The fourth-order valence-corrected chi connectivity index (χ4v) is 1.57. The molecule has 0 atom stereocenters. The van der Waals surface area contributed by atoms with E-state index in [1.165, 1.54) is 31.4 Å². The van der Waals surface area contributed by atoms with Crippen LogP contribution >= 0.6 is 0 Å². The lowest BCUT2D eigenvalue weighted by atomic mass is 10.0. The first-order chi connectivity index (χ1) is 7.72. The molecular formula is C13H10F2O. The van der Waals surface area contributed by atoms with Gasteiger partial charge in [0.2, 0.25) is 0 Å². The zero-order valence-electron chi connectivity index (χ0n) is 8.71. The number of methoxy groups -OCH3 is 1. The van der Waals surface area contributed by atoms with Crippen molar-refractivity contribution in [2.75, 3.05) is 7.11 Å². The van der Waals surface area contributed by atoms with Crippen molar-refractivity contribution in [2.45, 2.75) is 0 Å². The lowest BCUT2D eigenvalue weighted by Gasteiger charge is -2.09. The van der Waals surface area contributed by atoms with Gasteiger partial charge < -0.3 is 4.74 Å². The predicted molar refractivity (Wildman–Crippen MR) is 58.3 cm³/mol. The molecule has 0 saturated heterocycles. The van der Waals surface area contributed by atoms with E-state index in [-0.39, 0.29) is 0 Å². The van der Waals surface area contributed by atoms with Crippen LogP contribution in [0.3, 0.4) is 0 Å². The van der Waals surface area contributed by atoms with Crippen molar-refractivity contribution >= 4 is 0 Å². The number of hydrogen-bond donors (Lipinski definition) is 0. The van der Waals surface area contributed by atoms with E-state index in [1.54, 1.807) is 18.2 Å². The molecule has 0 aliphatic rings. The number of benzene rings is 2. The minimum absolute atomic E-state index is 0.332. The lowest BCUT2D eigenvalue weighted by molar-refractivity contribution is 0.415. The van der Waals surface area contributed by atoms with Crippen molar-refractivity contribution in [3.63, 3.8) is 0 Å². The molecular weight excluding hydrogens is 210 g/mol. The van der Waals surface area contributed by atoms with E-state index < -0.39 is 11.6 Å². The Kier molecular flexibility index (Phi) is 2.86. The molecule has 2 rings (SSSR count). The number of rotatable bonds is 2. The fraction of sp³-hybridized carbons (Fsp3) is 0.0769. The second kappa shape index (κ2) is 4.31. The van der Waals surface area contributed by atoms with Crippen LogP contribution in [0.4, 0.5) is 8.78 Å². The van der Waals surface area contributed by atoms with E-state index in [9.17, 15) is 8.78 Å². The molecule has 1 nitrogen and oxygen atoms in total. The molecule has 0 amide bonds. The zero-order chi connectivity index (χ0) is 11.5. The highest BCUT2D eigenvalue weighted by Gasteiger charge is 2.10. The number of hydrogen-bond acceptors (Lipinski definition) is 1. The molecule has 3 heteroatoms. The maximum absolute atomic E-state index is 13.5. The maximum atomic E-state index is 13.5. The third-order valence-corrected chi connectivity index (χ3v) is 2.33. The molecule has 2 aromatic rings. The smallest absolute Gasteiger partial charge is 0.131 e. The van der Waals surface area contributed by atoms with E-state index in [4.69, 9.17) is 4.74 Å². The Balaban J connectivity index is 2.63. The highest BCUT2D eigenvalue weighted by Crippen LogP contribution is 2.32. The van der Waals surface area contributed by atoms with E-state index in [0.29, 0.717) is 16.9 Å². The summed E-state index contributed by atoms with van der Waals surface area (Å²) in [6.45, 7) is 0. The fourth-order valence-electron chi connectivity index (χ4n) is 1.57. The van der Waals surface area contributed by atoms with Crippen LogP contribution in [0.1, 0.15) is 0 Å². The van der Waals surface area contributed by atoms with Gasteiger partial charge in [-0.15, -0.1) is 0 Å². The van der Waals surface area contributed by atoms with Gasteiger partial charge in [0.25, 0.3) is 0 Å². The first-order valence-corrected chi connectivity index (χ1v) is 4.81. The second-order valence-electron chi connectivity index (χ2n) is 3.32. The lowest BCUT2D eigenvalue weighted by Crippen LogP contribution is -1.91. The summed E-state index contributed by atoms with van der Waals surface area (Å²) >= 11 is 0. The molecule has 0 heterocycles. The van der Waals surface area contributed by atoms with Crippen LogP contribution in [0.15, 0.2) is 42.5 Å². The van der Waals surface area contributed by atoms with E-state index in [0.717, 1.165) is 0 Å². The Labute approximate surface area is 92.3 Å². The first-order valence-electron chi connectivity index (χ1n) is 4.81. The maximum Gasteiger partial charge on any atom is 0.131 e. The van der Waals surface area contributed by atoms with Crippen LogP contribution in [0.2, 0.25) is 0 Å². The summed E-state index contributed by atoms with van der Waals surface area (Å²) in [5.41, 5.74) is 0.749. The van der Waals surface area contributed by atoms with Gasteiger partial charge in [-0.1, -0.05) is 18.2 Å². The van der Waals surface area contributed by atoms with E-state index in [2.05, 4.69) is 0 Å². The largest absolute Gasteiger partial charge is 0.496 e. The number of ether oxygens (including phenoxy) is 1. The molecule has 0 unspecified atom stereocenters. The minimum atomic E-state index is -0.418. The van der Waals surface area contributed by atoms with Crippen molar-refractivity contribution in [1.82, 2.24) is 0 Å². The van der Waals surface area contributed by atoms with Crippen LogP contribution < -0.4 is 4.74 Å². The summed E-state index contributed by atoms with van der Waals surface area (Å²) < 4.78 is 31.7. The van der Waals surface area contributed by atoms with E-state index >= 15 is 0 Å². The van der Waals surface area contributed by atoms with Crippen molar-refractivity contribution in [2.24, 2.45) is 0 Å². The molecule has 0 fully saturated rings. The van der Waals surface area contributed by atoms with Crippen molar-refractivity contribution in [1.29, 1.82) is 0 Å². The van der Waals surface area contributed by atoms with Gasteiger partial charge in [-0.2, -0.15) is 0 Å². The Hall–Kier alpha value is -1.90. The van der Waals surface area contributed by atoms with Crippen LogP contribution in [0, 0.1) is 11.6 Å². The van der Waals surface area contributed by atoms with Gasteiger partial charge in [-0.3, -0.25) is 0 Å². The summed E-state index contributed by atoms with van der Waals surface area (Å²) in [6.07, 6.45) is 0. The van der Waals surface area contributed by atoms with Gasteiger partial charge in [0.15, 0.2) is 0 Å². The topological polar surface area (TPSA) is 9.23 Å². The molecule has 0 radical (unpaired) electrons. The standard InChI is InChI=1S/C13H10F2O/c1-16-13-7-6-9(14)8-11(13)10-4-2-3-5-12(10)15/h2-8H,1H3. The molecule has 0 aromatic heterocycles. The normalized spacial score (nSPS) is 10.2. The molecule has 0 spiro atoms. The van der Waals surface area contributed by atoms with Crippen molar-refractivity contribution < 1.29 is 13.5 Å². The SMILES string of the molecule is COc1ccc(F)cc1-c1ccccc1F. The molecule has 0 bridgehead atoms. The van der Waals surface area contributed by atoms with Crippen molar-refractivity contribution in [3.05, 3.63) is 54.1 Å². The van der Waals surface area contributed by atoms with Gasteiger partial charge in [0.05, 0.1) is 7.11 Å². The molecule has 0 aliphatic heterocycles. The summed E-state index contributed by atoms with van der Waals surface area (Å²) in [6, 6.07) is 10.2. The molecule has 0 saturated carbocycles. The summed E-state index contributed by atoms with van der Waals surface area (Å²) in [4.78, 5) is 0. The number of halogens is 2. The Morgan fingerprint density at radius 2 is 1.69 bits per heavy atom. The third kappa shape index (κ3) is 1.89. The third-order valence-electron chi connectivity index (χ3n) is 2.33. The summed E-state index contributed by atoms with van der Waals surface area (Å²) in [5, 5.41) is 0. The minimum Gasteiger partial charge on any atom is -0.496 e. The average Bonchev–Trinajstić information content (AvgIpc) is 2.29. The average molecular weight is 220 g/mol. The molecule has 2 aromatic carbocycles. The quantitative estimate of drug-likeness (QED) is 0.750. The molecule has 82 valence electrons. The van der Waals surface area contributed by atoms with E-state index in [1.807, 2.05) is 0 Å². The zero-order valence-corrected chi connectivity index (χ0v) is 8.71. The first kappa shape index (κ1) is 10.6. The van der Waals surface area contributed by atoms with Crippen LogP contribution in [-0.4, -0.2) is 7.11 Å². The van der Waals surface area contributed by atoms with Crippen LogP contribution in [0.5, 0.6) is 5.75 Å². The van der Waals surface area contributed by atoms with Gasteiger partial charge >= 0.3 is 0 Å². The summed E-state index contributed by atoms with van der Waals surface area (Å²) in [7, 11) is 1.47. The van der Waals surface area contributed by atoms with Crippen LogP contribution in [0.25, 0.3) is 11.1 Å². The van der Waals surface area contributed by atoms with Crippen LogP contribution in [-0.2, 0) is 0 Å². The van der Waals surface area contributed by atoms with Gasteiger partial charge in [-0.25, -0.2) is 8.78 Å². The Bertz CT molecular complexity index is 509. The van der Waals surface area contributed by atoms with Crippen molar-refractivity contribution in [3.8, 4) is 16.9 Å². The van der Waals surface area contributed by atoms with Gasteiger partial charge in [0.1, 0.15) is 17.4 Å². The monoisotopic (exact) mass is 220 g/mol. The molecule has 16 heavy (non-hydrogen) atoms. The van der Waals surface area contributed by atoms with Gasteiger partial charge in [0, 0.05) is 11.1 Å². The molecule has 0 aliphatic carbocycles. The summed E-state index contributed by atoms with van der Waals surface area (Å²) in [5.74, 6) is -0.364.